The Hall–Kier alpha value is -4.08. The molecule has 0 radical (unpaired) electrons. The zero-order chi connectivity index (χ0) is 41.6. The smallest absolute Gasteiger partial charge is 0.307 e. The zero-order valence-corrected chi connectivity index (χ0v) is 35.0. The molecule has 15 nitrogen and oxygen atoms in total. The van der Waals surface area contributed by atoms with E-state index in [1.807, 2.05) is 83.1 Å². The van der Waals surface area contributed by atoms with Gasteiger partial charge in [-0.15, -0.1) is 14.2 Å². The standard InChI is InChI=1S/3C13H22N2O3/c3*1-8(2)6-10-7-14-11(13(16)15(10)17)12(18-5)9(3)4/h3*7-9,12,17H,6H2,1-5H3. The number of ether oxygens (including phenoxy) is 3. The summed E-state index contributed by atoms with van der Waals surface area (Å²) >= 11 is 0. The van der Waals surface area contributed by atoms with E-state index in [4.69, 9.17) is 14.2 Å². The number of rotatable bonds is 15. The molecule has 0 amide bonds. The van der Waals surface area contributed by atoms with Gasteiger partial charge in [-0.1, -0.05) is 83.1 Å². The van der Waals surface area contributed by atoms with Crippen molar-refractivity contribution in [2.24, 2.45) is 35.5 Å². The van der Waals surface area contributed by atoms with Crippen molar-refractivity contribution in [3.05, 3.63) is 83.8 Å². The Morgan fingerprint density at radius 3 is 0.815 bits per heavy atom. The summed E-state index contributed by atoms with van der Waals surface area (Å²) in [5.41, 5.74) is 0.857. The minimum Gasteiger partial charge on any atom is -0.425 e. The molecule has 3 heterocycles. The van der Waals surface area contributed by atoms with E-state index in [-0.39, 0.29) is 34.8 Å². The third-order valence-electron chi connectivity index (χ3n) is 8.35. The molecule has 3 N–H and O–H groups in total. The summed E-state index contributed by atoms with van der Waals surface area (Å²) in [6.07, 6.45) is 5.27. The van der Waals surface area contributed by atoms with Gasteiger partial charge in [0.05, 0.1) is 35.7 Å². The van der Waals surface area contributed by atoms with E-state index in [0.29, 0.717) is 68.3 Å². The fourth-order valence-corrected chi connectivity index (χ4v) is 5.84. The molecule has 15 heteroatoms. The second-order valence-corrected chi connectivity index (χ2v) is 15.8. The van der Waals surface area contributed by atoms with Crippen LogP contribution in [0.2, 0.25) is 0 Å². The molecule has 3 rings (SSSR count). The van der Waals surface area contributed by atoms with E-state index in [2.05, 4.69) is 15.0 Å². The third-order valence-corrected chi connectivity index (χ3v) is 8.35. The maximum absolute atomic E-state index is 12.0. The molecule has 0 aliphatic heterocycles. The summed E-state index contributed by atoms with van der Waals surface area (Å²) < 4.78 is 17.9. The lowest BCUT2D eigenvalue weighted by Gasteiger charge is -2.19. The second-order valence-electron chi connectivity index (χ2n) is 15.8. The van der Waals surface area contributed by atoms with Crippen LogP contribution >= 0.6 is 0 Å². The Balaban J connectivity index is 0.000000405. The number of hydrogen-bond acceptors (Lipinski definition) is 12. The topological polar surface area (TPSA) is 193 Å². The summed E-state index contributed by atoms with van der Waals surface area (Å²) in [5.74, 6) is 1.39. The molecule has 0 aliphatic carbocycles. The maximum Gasteiger partial charge on any atom is 0.307 e. The van der Waals surface area contributed by atoms with Crippen LogP contribution in [0.5, 0.6) is 0 Å². The number of nitrogens with zero attached hydrogens (tertiary/aromatic N) is 6. The SMILES string of the molecule is COC(c1ncc(CC(C)C)n(O)c1=O)C(C)C.COC(c1ncc(CC(C)C)n(O)c1=O)C(C)C.COC(c1ncc(CC(C)C)n(O)c1=O)C(C)C. The molecule has 0 fully saturated rings. The van der Waals surface area contributed by atoms with Gasteiger partial charge in [0.1, 0.15) is 35.4 Å². The Morgan fingerprint density at radius 2 is 0.667 bits per heavy atom. The largest absolute Gasteiger partial charge is 0.425 e. The first kappa shape index (κ1) is 47.9. The zero-order valence-electron chi connectivity index (χ0n) is 35.0. The molecule has 3 unspecified atom stereocenters. The molecular formula is C39H66N6O9. The van der Waals surface area contributed by atoms with Crippen LogP contribution < -0.4 is 16.7 Å². The molecule has 306 valence electrons. The van der Waals surface area contributed by atoms with Gasteiger partial charge in [-0.2, -0.15) is 0 Å². The van der Waals surface area contributed by atoms with Gasteiger partial charge < -0.3 is 29.8 Å². The molecule has 0 spiro atoms. The van der Waals surface area contributed by atoms with Crippen molar-refractivity contribution < 1.29 is 29.8 Å². The Kier molecular flexibility index (Phi) is 19.8. The van der Waals surface area contributed by atoms with E-state index in [1.54, 1.807) is 18.6 Å². The lowest BCUT2D eigenvalue weighted by molar-refractivity contribution is 0.0558. The lowest BCUT2D eigenvalue weighted by atomic mass is 10.0. The van der Waals surface area contributed by atoms with Gasteiger partial charge in [-0.3, -0.25) is 29.3 Å². The van der Waals surface area contributed by atoms with Crippen LogP contribution in [0.15, 0.2) is 33.0 Å². The van der Waals surface area contributed by atoms with Crippen LogP contribution in [-0.4, -0.2) is 66.1 Å². The normalized spacial score (nSPS) is 13.3. The number of hydrogen-bond donors (Lipinski definition) is 3. The van der Waals surface area contributed by atoms with Gasteiger partial charge in [-0.05, 0) is 54.8 Å². The van der Waals surface area contributed by atoms with Crippen molar-refractivity contribution in [1.82, 2.24) is 29.1 Å². The van der Waals surface area contributed by atoms with Gasteiger partial charge in [0.2, 0.25) is 0 Å². The van der Waals surface area contributed by atoms with Crippen molar-refractivity contribution in [3.63, 3.8) is 0 Å². The van der Waals surface area contributed by atoms with Crippen LogP contribution in [0.25, 0.3) is 0 Å². The predicted molar refractivity (Wildman–Crippen MR) is 206 cm³/mol. The van der Waals surface area contributed by atoms with E-state index in [9.17, 15) is 30.0 Å². The minimum atomic E-state index is -0.492. The maximum atomic E-state index is 12.0. The number of methoxy groups -OCH3 is 3. The first-order valence-corrected chi connectivity index (χ1v) is 18.6. The van der Waals surface area contributed by atoms with Gasteiger partial charge in [0.15, 0.2) is 0 Å². The average molecular weight is 763 g/mol. The highest BCUT2D eigenvalue weighted by molar-refractivity contribution is 5.10. The van der Waals surface area contributed by atoms with E-state index in [0.717, 1.165) is 0 Å². The minimum absolute atomic E-state index is 0.117. The Morgan fingerprint density at radius 1 is 0.463 bits per heavy atom. The molecule has 54 heavy (non-hydrogen) atoms. The highest BCUT2D eigenvalue weighted by Gasteiger charge is 2.25. The van der Waals surface area contributed by atoms with Crippen molar-refractivity contribution in [2.75, 3.05) is 21.3 Å². The quantitative estimate of drug-likeness (QED) is 0.152. The van der Waals surface area contributed by atoms with Gasteiger partial charge in [0.25, 0.3) is 0 Å². The van der Waals surface area contributed by atoms with Crippen LogP contribution in [0.1, 0.15) is 136 Å². The average Bonchev–Trinajstić information content (AvgIpc) is 3.07. The first-order chi connectivity index (χ1) is 25.1. The van der Waals surface area contributed by atoms with Gasteiger partial charge >= 0.3 is 16.7 Å². The van der Waals surface area contributed by atoms with Crippen molar-refractivity contribution >= 4 is 0 Å². The Labute approximate surface area is 319 Å². The molecule has 0 aromatic carbocycles. The molecule has 0 aliphatic rings. The van der Waals surface area contributed by atoms with Crippen LogP contribution in [0.3, 0.4) is 0 Å². The molecule has 0 saturated carbocycles. The van der Waals surface area contributed by atoms with Crippen molar-refractivity contribution in [3.8, 4) is 0 Å². The predicted octanol–water partition coefficient (Wildman–Crippen LogP) is 6.07. The van der Waals surface area contributed by atoms with E-state index >= 15 is 0 Å². The van der Waals surface area contributed by atoms with Gasteiger partial charge in [0, 0.05) is 21.3 Å². The van der Waals surface area contributed by atoms with Crippen molar-refractivity contribution in [1.29, 1.82) is 0 Å². The molecule has 3 aromatic rings. The Bertz CT molecular complexity index is 1560. The molecule has 0 saturated heterocycles. The van der Waals surface area contributed by atoms with Crippen molar-refractivity contribution in [2.45, 2.75) is 121 Å². The summed E-state index contributed by atoms with van der Waals surface area (Å²) in [4.78, 5) is 48.6. The molecule has 3 atom stereocenters. The fourth-order valence-electron chi connectivity index (χ4n) is 5.84. The van der Waals surface area contributed by atoms with Gasteiger partial charge in [-0.25, -0.2) is 0 Å². The first-order valence-electron chi connectivity index (χ1n) is 18.6. The highest BCUT2D eigenvalue weighted by Crippen LogP contribution is 2.23. The second kappa shape index (κ2) is 22.3. The van der Waals surface area contributed by atoms with Crippen LogP contribution in [0.4, 0.5) is 0 Å². The molecular weight excluding hydrogens is 696 g/mol. The van der Waals surface area contributed by atoms with Crippen LogP contribution in [0, 0.1) is 35.5 Å². The molecule has 0 bridgehead atoms. The summed E-state index contributed by atoms with van der Waals surface area (Å²) in [5, 5.41) is 29.6. The van der Waals surface area contributed by atoms with Crippen LogP contribution in [-0.2, 0) is 33.5 Å². The third kappa shape index (κ3) is 13.3. The highest BCUT2D eigenvalue weighted by atomic mass is 16.5. The monoisotopic (exact) mass is 762 g/mol. The molecule has 3 aromatic heterocycles. The summed E-state index contributed by atoms with van der Waals surface area (Å²) in [6, 6.07) is 0. The van der Waals surface area contributed by atoms with E-state index in [1.165, 1.54) is 21.3 Å². The summed E-state index contributed by atoms with van der Waals surface area (Å²) in [6.45, 7) is 23.8. The summed E-state index contributed by atoms with van der Waals surface area (Å²) in [7, 11) is 4.61. The van der Waals surface area contributed by atoms with E-state index < -0.39 is 35.0 Å². The lowest BCUT2D eigenvalue weighted by Crippen LogP contribution is -2.30. The number of aromatic nitrogens is 6. The fraction of sp³-hybridized carbons (Fsp3) is 0.692.